The molecule has 0 bridgehead atoms. The van der Waals surface area contributed by atoms with Gasteiger partial charge in [-0.25, -0.2) is 28.8 Å². The third-order valence-electron chi connectivity index (χ3n) is 4.89. The number of benzene rings is 3. The van der Waals surface area contributed by atoms with Gasteiger partial charge in [-0.05, 0) is 36.4 Å². The summed E-state index contributed by atoms with van der Waals surface area (Å²) >= 11 is 0. The zero-order valence-electron chi connectivity index (χ0n) is 21.1. The number of carbonyl (C=O) groups is 6. The van der Waals surface area contributed by atoms with Gasteiger partial charge in [0.2, 0.25) is 0 Å². The lowest BCUT2D eigenvalue weighted by molar-refractivity contribution is -0.232. The second kappa shape index (κ2) is 13.9. The molecular weight excluding hydrogens is 598 g/mol. The maximum Gasteiger partial charge on any atom is 0.397 e. The van der Waals surface area contributed by atoms with Gasteiger partial charge in [-0.1, -0.05) is 36.4 Å². The summed E-state index contributed by atoms with van der Waals surface area (Å²) in [6.45, 7) is 0. The van der Waals surface area contributed by atoms with E-state index in [-0.39, 0.29) is 11.1 Å². The fourth-order valence-corrected chi connectivity index (χ4v) is 3.15. The van der Waals surface area contributed by atoms with Gasteiger partial charge >= 0.3 is 48.2 Å². The second-order valence-electron chi connectivity index (χ2n) is 8.01. The average molecular weight is 614 g/mol. The molecule has 10 nitrogen and oxygen atoms in total. The van der Waals surface area contributed by atoms with E-state index in [0.717, 1.165) is 36.4 Å². The van der Waals surface area contributed by atoms with Crippen LogP contribution in [-0.2, 0) is 9.47 Å². The summed E-state index contributed by atoms with van der Waals surface area (Å²) in [6, 6.07) is 15.1. The first-order chi connectivity index (χ1) is 19.9. The van der Waals surface area contributed by atoms with Crippen LogP contribution in [0.25, 0.3) is 0 Å². The van der Waals surface area contributed by atoms with Crippen molar-refractivity contribution in [2.24, 2.45) is 0 Å². The molecule has 0 saturated heterocycles. The first-order valence-electron chi connectivity index (χ1n) is 11.3. The predicted octanol–water partition coefficient (Wildman–Crippen LogP) is 5.58. The lowest BCUT2D eigenvalue weighted by Gasteiger charge is -2.10. The molecule has 3 rings (SSSR count). The van der Waals surface area contributed by atoms with E-state index in [0.29, 0.717) is 0 Å². The summed E-state index contributed by atoms with van der Waals surface area (Å²) in [6.07, 6.45) is -13.0. The Kier molecular flexibility index (Phi) is 10.9. The molecule has 3 aromatic carbocycles. The molecular formula is C27H16F6O10. The van der Waals surface area contributed by atoms with Crippen molar-refractivity contribution in [3.63, 3.8) is 0 Å². The minimum Gasteiger partial charge on any atom is -0.478 e. The lowest BCUT2D eigenvalue weighted by atomic mass is 10.1. The lowest BCUT2D eigenvalue weighted by Crippen LogP contribution is -2.21. The van der Waals surface area contributed by atoms with E-state index in [2.05, 4.69) is 0 Å². The Morgan fingerprint density at radius 2 is 0.674 bits per heavy atom. The number of ether oxygens (including phenoxy) is 2. The van der Waals surface area contributed by atoms with E-state index >= 15 is 0 Å². The van der Waals surface area contributed by atoms with Gasteiger partial charge in [0.1, 0.15) is 6.42 Å². The molecule has 0 unspecified atom stereocenters. The second-order valence-corrected chi connectivity index (χ2v) is 8.01. The van der Waals surface area contributed by atoms with E-state index in [1.54, 1.807) is 0 Å². The van der Waals surface area contributed by atoms with Crippen LogP contribution in [0.1, 0.15) is 68.6 Å². The van der Waals surface area contributed by atoms with Crippen molar-refractivity contribution < 1.29 is 74.8 Å². The van der Waals surface area contributed by atoms with Crippen LogP contribution in [0.5, 0.6) is 0 Å². The first kappa shape index (κ1) is 33.7. The van der Waals surface area contributed by atoms with Crippen molar-refractivity contribution in [3.8, 4) is 0 Å². The molecule has 0 fully saturated rings. The Labute approximate surface area is 236 Å². The molecule has 0 saturated carbocycles. The van der Waals surface area contributed by atoms with E-state index in [4.69, 9.17) is 9.47 Å². The van der Waals surface area contributed by atoms with Gasteiger partial charge in [0.15, 0.2) is 0 Å². The van der Waals surface area contributed by atoms with Crippen molar-refractivity contribution in [2.45, 2.75) is 18.8 Å². The smallest absolute Gasteiger partial charge is 0.397 e. The number of carboxylic acids is 2. The minimum atomic E-state index is -5.14. The van der Waals surface area contributed by atoms with Gasteiger partial charge in [0.05, 0.1) is 33.4 Å². The molecule has 0 aliphatic heterocycles. The Morgan fingerprint density at radius 1 is 0.465 bits per heavy atom. The molecule has 0 aromatic heterocycles. The first-order valence-corrected chi connectivity index (χ1v) is 11.3. The summed E-state index contributed by atoms with van der Waals surface area (Å²) in [5.41, 5.74) is -2.43. The Morgan fingerprint density at radius 3 is 0.860 bits per heavy atom. The quantitative estimate of drug-likeness (QED) is 0.204. The third kappa shape index (κ3) is 10.1. The van der Waals surface area contributed by atoms with Gasteiger partial charge < -0.3 is 19.7 Å². The molecule has 2 N–H and O–H groups in total. The van der Waals surface area contributed by atoms with Crippen LogP contribution in [0.4, 0.5) is 26.3 Å². The van der Waals surface area contributed by atoms with E-state index < -0.39 is 76.8 Å². The molecule has 226 valence electrons. The topological polar surface area (TPSA) is 161 Å². The zero-order chi connectivity index (χ0) is 32.5. The number of hydrogen-bond donors (Lipinski definition) is 2. The number of aromatic carboxylic acids is 2. The van der Waals surface area contributed by atoms with Crippen LogP contribution in [0.2, 0.25) is 0 Å². The molecule has 0 aliphatic rings. The van der Waals surface area contributed by atoms with Crippen LogP contribution >= 0.6 is 0 Å². The van der Waals surface area contributed by atoms with Crippen molar-refractivity contribution in [1.82, 2.24) is 0 Å². The molecule has 0 atom stereocenters. The Bertz CT molecular complexity index is 1450. The maximum atomic E-state index is 12.6. The molecule has 0 radical (unpaired) electrons. The van der Waals surface area contributed by atoms with Crippen LogP contribution in [-0.4, -0.2) is 58.4 Å². The van der Waals surface area contributed by atoms with Crippen molar-refractivity contribution in [3.05, 3.63) is 106 Å². The standard InChI is InChI=1S/C24H14O10.C3H2F6/c25-19(26)13-7-1-3-9-15(13)21(29)33-23(31)17-11-5-6-12-18(17)24(32)34-22(30)16-10-4-2-8-14(16)20(27)28;4-2(5,6)1-3(7,8)9/h1-12H,(H,25,26)(H,27,28);1H2. The van der Waals surface area contributed by atoms with Crippen LogP contribution < -0.4 is 0 Å². The summed E-state index contributed by atoms with van der Waals surface area (Å²) in [4.78, 5) is 72.5. The Hall–Kier alpha value is -5.54. The highest BCUT2D eigenvalue weighted by Gasteiger charge is 2.43. The van der Waals surface area contributed by atoms with Gasteiger partial charge in [-0.15, -0.1) is 0 Å². The highest BCUT2D eigenvalue weighted by atomic mass is 19.4. The summed E-state index contributed by atoms with van der Waals surface area (Å²) in [5.74, 6) is -7.95. The molecule has 16 heteroatoms. The third-order valence-corrected chi connectivity index (χ3v) is 4.89. The number of carbonyl (C=O) groups excluding carboxylic acids is 4. The number of rotatable bonds is 6. The minimum absolute atomic E-state index is 0.385. The molecule has 0 heterocycles. The highest BCUT2D eigenvalue weighted by molar-refractivity contribution is 6.13. The number of halogens is 6. The van der Waals surface area contributed by atoms with E-state index in [1.807, 2.05) is 0 Å². The molecule has 43 heavy (non-hydrogen) atoms. The summed E-state index contributed by atoms with van der Waals surface area (Å²) in [7, 11) is 0. The fourth-order valence-electron chi connectivity index (χ4n) is 3.15. The molecule has 3 aromatic rings. The maximum absolute atomic E-state index is 12.6. The summed E-state index contributed by atoms with van der Waals surface area (Å²) in [5, 5.41) is 18.4. The van der Waals surface area contributed by atoms with E-state index in [1.165, 1.54) is 36.4 Å². The summed E-state index contributed by atoms with van der Waals surface area (Å²) < 4.78 is 74.5. The van der Waals surface area contributed by atoms with Gasteiger partial charge in [-0.3, -0.25) is 0 Å². The number of alkyl halides is 6. The van der Waals surface area contributed by atoms with Gasteiger partial charge in [0.25, 0.3) is 0 Å². The van der Waals surface area contributed by atoms with Gasteiger partial charge in [-0.2, -0.15) is 26.3 Å². The largest absolute Gasteiger partial charge is 0.478 e. The normalized spacial score (nSPS) is 10.9. The monoisotopic (exact) mass is 614 g/mol. The van der Waals surface area contributed by atoms with Gasteiger partial charge in [0, 0.05) is 0 Å². The molecule has 0 spiro atoms. The molecule has 0 amide bonds. The van der Waals surface area contributed by atoms with Crippen molar-refractivity contribution in [1.29, 1.82) is 0 Å². The predicted molar refractivity (Wildman–Crippen MR) is 129 cm³/mol. The van der Waals surface area contributed by atoms with Crippen LogP contribution in [0.15, 0.2) is 72.8 Å². The fraction of sp³-hybridized carbons (Fsp3) is 0.111. The van der Waals surface area contributed by atoms with Crippen LogP contribution in [0.3, 0.4) is 0 Å². The number of hydrogen-bond acceptors (Lipinski definition) is 8. The highest BCUT2D eigenvalue weighted by Crippen LogP contribution is 2.31. The van der Waals surface area contributed by atoms with Crippen molar-refractivity contribution >= 4 is 35.8 Å². The van der Waals surface area contributed by atoms with Crippen LogP contribution in [0, 0.1) is 0 Å². The zero-order valence-corrected chi connectivity index (χ0v) is 21.1. The average Bonchev–Trinajstić information content (AvgIpc) is 2.91. The Balaban J connectivity index is 0.000000621. The number of esters is 4. The van der Waals surface area contributed by atoms with E-state index in [9.17, 15) is 65.3 Å². The van der Waals surface area contributed by atoms with Crippen molar-refractivity contribution in [2.75, 3.05) is 0 Å². The number of carboxylic acid groups (broad SMARTS) is 2. The SMILES string of the molecule is FC(F)(F)CC(F)(F)F.O=C(O)c1ccccc1C(=O)OC(=O)c1ccccc1C(=O)OC(=O)c1ccccc1C(=O)O. The molecule has 0 aliphatic carbocycles.